The summed E-state index contributed by atoms with van der Waals surface area (Å²) in [7, 11) is 1.37. The largest absolute Gasteiger partial charge is 1.00 e. The Bertz CT molecular complexity index is 132. The third-order valence-corrected chi connectivity index (χ3v) is 1.24. The smallest absolute Gasteiger partial charge is 0.737 e. The van der Waals surface area contributed by atoms with E-state index in [2.05, 4.69) is 5.28 Å². The Hall–Kier alpha value is -0.0400. The topological polar surface area (TPSA) is 85.0 Å². The maximum Gasteiger partial charge on any atom is 1.00 e. The van der Waals surface area contributed by atoms with E-state index >= 15 is 0 Å². The van der Waals surface area contributed by atoms with Crippen LogP contribution in [0.25, 0.3) is 0 Å². The van der Waals surface area contributed by atoms with Gasteiger partial charge in [0.15, 0.2) is 0 Å². The molecule has 0 aliphatic heterocycles. The molecule has 0 saturated carbocycles. The molecule has 1 N–H and O–H groups in total. The molecular formula is C4H10N3NaO3. The summed E-state index contributed by atoms with van der Waals surface area (Å²) in [5.74, 6) is 0. The summed E-state index contributed by atoms with van der Waals surface area (Å²) < 4.78 is 0. The van der Waals surface area contributed by atoms with Gasteiger partial charge in [0.25, 0.3) is 0 Å². The van der Waals surface area contributed by atoms with Crippen molar-refractivity contribution in [3.8, 4) is 0 Å². The first-order chi connectivity index (χ1) is 4.63. The number of hydrogen-bond acceptors (Lipinski definition) is 4. The van der Waals surface area contributed by atoms with E-state index < -0.39 is 6.04 Å². The molecule has 0 aromatic heterocycles. The van der Waals surface area contributed by atoms with Gasteiger partial charge in [-0.15, -0.1) is 5.01 Å². The van der Waals surface area contributed by atoms with Crippen molar-refractivity contribution in [1.29, 1.82) is 0 Å². The second kappa shape index (κ2) is 6.66. The standard InChI is InChI=1S/C4H11N3O3.Na/c1-4(3-8)6(2)7(10)5-9;/h4,8-9H,3H2,1-2H3;/q;+1/p-1/b7-5+;/t4-;/m0./s1. The zero-order valence-electron chi connectivity index (χ0n) is 6.89. The SMILES string of the molecule is C[C@@H](CO)N(C)/[N+]([O-])=N\[O-].[Na+]. The van der Waals surface area contributed by atoms with Gasteiger partial charge in [0.2, 0.25) is 0 Å². The van der Waals surface area contributed by atoms with E-state index in [0.29, 0.717) is 0 Å². The third kappa shape index (κ3) is 4.41. The van der Waals surface area contributed by atoms with Crippen molar-refractivity contribution in [3.05, 3.63) is 10.4 Å². The molecule has 6 nitrogen and oxygen atoms in total. The van der Waals surface area contributed by atoms with Gasteiger partial charge in [-0.3, -0.25) is 0 Å². The van der Waals surface area contributed by atoms with Crippen LogP contribution in [0.4, 0.5) is 0 Å². The average molecular weight is 171 g/mol. The van der Waals surface area contributed by atoms with Crippen LogP contribution in [0.15, 0.2) is 5.28 Å². The molecular weight excluding hydrogens is 161 g/mol. The van der Waals surface area contributed by atoms with E-state index in [1.54, 1.807) is 6.92 Å². The minimum absolute atomic E-state index is 0. The molecule has 0 spiro atoms. The van der Waals surface area contributed by atoms with E-state index in [1.807, 2.05) is 0 Å². The van der Waals surface area contributed by atoms with Crippen LogP contribution >= 0.6 is 0 Å². The fraction of sp³-hybridized carbons (Fsp3) is 1.00. The van der Waals surface area contributed by atoms with E-state index in [-0.39, 0.29) is 41.1 Å². The zero-order chi connectivity index (χ0) is 8.15. The van der Waals surface area contributed by atoms with Crippen LogP contribution in [0.3, 0.4) is 0 Å². The summed E-state index contributed by atoms with van der Waals surface area (Å²) in [6.07, 6.45) is 0. The van der Waals surface area contributed by atoms with Gasteiger partial charge in [-0.05, 0) is 12.2 Å². The average Bonchev–Trinajstić information content (AvgIpc) is 2.00. The van der Waals surface area contributed by atoms with Crippen LogP contribution in [0.1, 0.15) is 6.92 Å². The summed E-state index contributed by atoms with van der Waals surface area (Å²) in [5, 5.41) is 31.6. The van der Waals surface area contributed by atoms with Crippen LogP contribution in [0.5, 0.6) is 0 Å². The maximum atomic E-state index is 10.4. The number of hydrogen-bond donors (Lipinski definition) is 1. The molecule has 0 rings (SSSR count). The third-order valence-electron chi connectivity index (χ3n) is 1.24. The molecule has 0 aliphatic carbocycles. The quantitative estimate of drug-likeness (QED) is 0.208. The monoisotopic (exact) mass is 171 g/mol. The summed E-state index contributed by atoms with van der Waals surface area (Å²) >= 11 is 0. The first kappa shape index (κ1) is 13.5. The fourth-order valence-corrected chi connectivity index (χ4v) is 0.344. The maximum absolute atomic E-state index is 10.4. The number of nitrogens with zero attached hydrogens (tertiary/aromatic N) is 3. The molecule has 1 atom stereocenters. The number of rotatable bonds is 3. The number of likely N-dealkylation sites (N-methyl/N-ethyl adjacent to an activating group) is 1. The van der Waals surface area contributed by atoms with E-state index in [9.17, 15) is 10.4 Å². The summed E-state index contributed by atoms with van der Waals surface area (Å²) in [6, 6.07) is -0.393. The van der Waals surface area contributed by atoms with Crippen LogP contribution in [-0.2, 0) is 0 Å². The van der Waals surface area contributed by atoms with Crippen LogP contribution in [0.2, 0.25) is 0 Å². The molecule has 0 heterocycles. The minimum Gasteiger partial charge on any atom is -0.737 e. The molecule has 0 bridgehead atoms. The van der Waals surface area contributed by atoms with Crippen molar-refractivity contribution in [2.75, 3.05) is 13.7 Å². The minimum atomic E-state index is -0.393. The van der Waals surface area contributed by atoms with Crippen molar-refractivity contribution < 1.29 is 39.6 Å². The van der Waals surface area contributed by atoms with Gasteiger partial charge in [-0.25, -0.2) is 0 Å². The van der Waals surface area contributed by atoms with Crippen molar-refractivity contribution >= 4 is 0 Å². The molecule has 0 fully saturated rings. The summed E-state index contributed by atoms with van der Waals surface area (Å²) in [5.41, 5.74) is 0. The van der Waals surface area contributed by atoms with Gasteiger partial charge in [0, 0.05) is 4.97 Å². The van der Waals surface area contributed by atoms with Gasteiger partial charge in [-0.1, -0.05) is 0 Å². The van der Waals surface area contributed by atoms with Gasteiger partial charge < -0.3 is 15.5 Å². The first-order valence-corrected chi connectivity index (χ1v) is 2.77. The molecule has 11 heavy (non-hydrogen) atoms. The van der Waals surface area contributed by atoms with Gasteiger partial charge >= 0.3 is 29.6 Å². The molecule has 7 heteroatoms. The van der Waals surface area contributed by atoms with Crippen LogP contribution in [0, 0.1) is 10.4 Å². The first-order valence-electron chi connectivity index (χ1n) is 2.77. The predicted molar refractivity (Wildman–Crippen MR) is 33.7 cm³/mol. The Balaban J connectivity index is 0. The second-order valence-corrected chi connectivity index (χ2v) is 1.94. The van der Waals surface area contributed by atoms with Crippen molar-refractivity contribution in [1.82, 2.24) is 5.01 Å². The Kier molecular flexibility index (Phi) is 8.20. The Morgan fingerprint density at radius 3 is 2.45 bits per heavy atom. The van der Waals surface area contributed by atoms with Crippen LogP contribution in [-0.4, -0.2) is 34.8 Å². The van der Waals surface area contributed by atoms with Gasteiger partial charge in [0.05, 0.1) is 13.7 Å². The summed E-state index contributed by atoms with van der Waals surface area (Å²) in [4.78, 5) is -0.110. The molecule has 0 radical (unpaired) electrons. The molecule has 0 aromatic rings. The number of aliphatic hydroxyl groups excluding tert-OH is 1. The van der Waals surface area contributed by atoms with Gasteiger partial charge in [-0.2, -0.15) is 0 Å². The zero-order valence-corrected chi connectivity index (χ0v) is 8.89. The number of hydrazine groups is 1. The normalized spacial score (nSPS) is 13.5. The molecule has 0 amide bonds. The van der Waals surface area contributed by atoms with Crippen molar-refractivity contribution in [2.24, 2.45) is 5.28 Å². The molecule has 60 valence electrons. The van der Waals surface area contributed by atoms with E-state index in [1.165, 1.54) is 7.05 Å². The molecule has 0 unspecified atom stereocenters. The van der Waals surface area contributed by atoms with Crippen molar-refractivity contribution in [3.63, 3.8) is 0 Å². The number of aliphatic hydroxyl groups is 1. The predicted octanol–water partition coefficient (Wildman–Crippen LogP) is -3.32. The Labute approximate surface area is 86.9 Å². The Morgan fingerprint density at radius 2 is 2.18 bits per heavy atom. The van der Waals surface area contributed by atoms with E-state index in [0.717, 1.165) is 5.01 Å². The molecule has 0 aliphatic rings. The summed E-state index contributed by atoms with van der Waals surface area (Å²) in [6.45, 7) is 1.40. The van der Waals surface area contributed by atoms with Crippen LogP contribution < -0.4 is 29.6 Å². The fourth-order valence-electron chi connectivity index (χ4n) is 0.344. The Morgan fingerprint density at radius 1 is 1.73 bits per heavy atom. The van der Waals surface area contributed by atoms with Gasteiger partial charge in [0.1, 0.15) is 6.04 Å². The van der Waals surface area contributed by atoms with Crippen molar-refractivity contribution in [2.45, 2.75) is 13.0 Å². The second-order valence-electron chi connectivity index (χ2n) is 1.94. The molecule has 0 saturated heterocycles. The molecule has 0 aromatic carbocycles. The van der Waals surface area contributed by atoms with E-state index in [4.69, 9.17) is 5.11 Å².